The highest BCUT2D eigenvalue weighted by molar-refractivity contribution is 7.99. The topological polar surface area (TPSA) is 220 Å². The predicted octanol–water partition coefficient (Wildman–Crippen LogP) is 7.62. The van der Waals surface area contributed by atoms with Crippen LogP contribution in [0.2, 0.25) is 0 Å². The van der Waals surface area contributed by atoms with Crippen LogP contribution >= 0.6 is 19.4 Å². The minimum atomic E-state index is -4.08. The second-order valence-electron chi connectivity index (χ2n) is 15.4. The SMILES string of the molecule is CCCCCCCCCCNC(=O)OC[C@H](CSC[C@H](NC(=O)CCCCCC)C(=O)NCCOCCOCCOCCP(=O)(O)O)OC(=O)NCCCCCCCCCC. The minimum Gasteiger partial charge on any atom is -0.446 e. The highest BCUT2D eigenvalue weighted by Gasteiger charge is 2.23. The molecule has 4 amide bonds. The lowest BCUT2D eigenvalue weighted by Gasteiger charge is -2.21. The first kappa shape index (κ1) is 58.9. The highest BCUT2D eigenvalue weighted by Crippen LogP contribution is 2.33. The Morgan fingerprint density at radius 3 is 1.57 bits per heavy atom. The van der Waals surface area contributed by atoms with E-state index >= 15 is 0 Å². The van der Waals surface area contributed by atoms with Crippen molar-refractivity contribution in [2.24, 2.45) is 0 Å². The van der Waals surface area contributed by atoms with Crippen LogP contribution < -0.4 is 21.3 Å². The van der Waals surface area contributed by atoms with Crippen LogP contribution in [0.1, 0.15) is 156 Å². The maximum Gasteiger partial charge on any atom is 0.407 e. The number of carbonyl (C=O) groups is 4. The molecule has 0 saturated heterocycles. The molecule has 18 heteroatoms. The van der Waals surface area contributed by atoms with Gasteiger partial charge < -0.3 is 54.7 Å². The van der Waals surface area contributed by atoms with Crippen LogP contribution in [0.15, 0.2) is 0 Å². The van der Waals surface area contributed by atoms with Crippen LogP contribution in [0.3, 0.4) is 0 Å². The lowest BCUT2D eigenvalue weighted by Crippen LogP contribution is -2.49. The molecule has 0 aliphatic carbocycles. The van der Waals surface area contributed by atoms with Crippen LogP contribution in [0.5, 0.6) is 0 Å². The Bertz CT molecular complexity index is 1120. The first-order chi connectivity index (χ1) is 29.5. The van der Waals surface area contributed by atoms with Gasteiger partial charge in [0.1, 0.15) is 18.8 Å². The fourth-order valence-electron chi connectivity index (χ4n) is 6.00. The average molecular weight is 913 g/mol. The summed E-state index contributed by atoms with van der Waals surface area (Å²) < 4.78 is 38.1. The second kappa shape index (κ2) is 43.1. The van der Waals surface area contributed by atoms with E-state index < -0.39 is 31.9 Å². The van der Waals surface area contributed by atoms with Gasteiger partial charge in [0.25, 0.3) is 0 Å². The first-order valence-corrected chi connectivity index (χ1v) is 26.2. The molecular weight excluding hydrogens is 828 g/mol. The number of alkyl carbamates (subject to hydrolysis) is 2. The van der Waals surface area contributed by atoms with Crippen molar-refractivity contribution in [1.82, 2.24) is 21.3 Å². The zero-order valence-corrected chi connectivity index (χ0v) is 39.7. The van der Waals surface area contributed by atoms with E-state index in [1.165, 1.54) is 76.0 Å². The molecule has 0 fully saturated rings. The summed E-state index contributed by atoms with van der Waals surface area (Å²) in [5.41, 5.74) is 0. The van der Waals surface area contributed by atoms with Crippen molar-refractivity contribution in [2.75, 3.05) is 83.6 Å². The number of ether oxygens (including phenoxy) is 5. The van der Waals surface area contributed by atoms with Gasteiger partial charge >= 0.3 is 19.8 Å². The van der Waals surface area contributed by atoms with Crippen LogP contribution in [0.25, 0.3) is 0 Å². The van der Waals surface area contributed by atoms with Crippen molar-refractivity contribution in [3.63, 3.8) is 0 Å². The smallest absolute Gasteiger partial charge is 0.407 e. The summed E-state index contributed by atoms with van der Waals surface area (Å²) in [5, 5.41) is 11.3. The van der Waals surface area contributed by atoms with Gasteiger partial charge in [0.05, 0.1) is 45.8 Å². The van der Waals surface area contributed by atoms with Gasteiger partial charge in [-0.3, -0.25) is 14.2 Å². The number of carbonyl (C=O) groups excluding carboxylic acids is 4. The summed E-state index contributed by atoms with van der Waals surface area (Å²) in [7, 11) is -4.08. The molecule has 0 aromatic carbocycles. The predicted molar refractivity (Wildman–Crippen MR) is 243 cm³/mol. The third kappa shape index (κ3) is 42.9. The molecule has 6 N–H and O–H groups in total. The van der Waals surface area contributed by atoms with Crippen molar-refractivity contribution in [2.45, 2.75) is 168 Å². The maximum absolute atomic E-state index is 13.3. The van der Waals surface area contributed by atoms with Gasteiger partial charge in [-0.1, -0.05) is 130 Å². The Morgan fingerprint density at radius 1 is 0.557 bits per heavy atom. The fraction of sp³-hybridized carbons (Fsp3) is 0.907. The van der Waals surface area contributed by atoms with E-state index in [-0.39, 0.29) is 82.3 Å². The van der Waals surface area contributed by atoms with Gasteiger partial charge in [0.15, 0.2) is 0 Å². The van der Waals surface area contributed by atoms with Gasteiger partial charge in [-0.15, -0.1) is 0 Å². The van der Waals surface area contributed by atoms with E-state index in [2.05, 4.69) is 42.0 Å². The zero-order chi connectivity index (χ0) is 45.1. The van der Waals surface area contributed by atoms with Crippen LogP contribution in [0.4, 0.5) is 9.59 Å². The standard InChI is InChI=1S/C43H85N4O12PS/c1-4-7-10-13-15-17-19-22-25-45-42(50)58-35-38(59-43(51)46-26-23-20-18-16-14-11-8-5-2)36-61-37-39(47-40(48)24-21-12-9-6-3)41(49)44-27-28-55-29-30-56-31-32-57-33-34-60(52,53)54/h38-39H,4-37H2,1-3H3,(H,44,49)(H,45,50)(H,46,51)(H,47,48)(H2,52,53,54)/t38-,39+/m1/s1. The number of rotatable bonds is 44. The molecule has 0 spiro atoms. The Balaban J connectivity index is 5.05. The molecule has 61 heavy (non-hydrogen) atoms. The molecule has 16 nitrogen and oxygen atoms in total. The summed E-state index contributed by atoms with van der Waals surface area (Å²) in [4.78, 5) is 69.2. The summed E-state index contributed by atoms with van der Waals surface area (Å²) in [6, 6.07) is -0.857. The molecule has 0 rings (SSSR count). The Labute approximate surface area is 372 Å². The number of amides is 4. The highest BCUT2D eigenvalue weighted by atomic mass is 32.2. The molecule has 0 heterocycles. The molecule has 2 atom stereocenters. The number of hydrogen-bond donors (Lipinski definition) is 6. The fourth-order valence-corrected chi connectivity index (χ4v) is 7.40. The lowest BCUT2D eigenvalue weighted by atomic mass is 10.1. The monoisotopic (exact) mass is 913 g/mol. The van der Waals surface area contributed by atoms with Crippen LogP contribution in [-0.2, 0) is 37.8 Å². The van der Waals surface area contributed by atoms with E-state index in [0.29, 0.717) is 19.5 Å². The Hall–Kier alpha value is -2.14. The number of thioether (sulfide) groups is 1. The van der Waals surface area contributed by atoms with Gasteiger partial charge in [-0.25, -0.2) is 9.59 Å². The molecule has 0 bridgehead atoms. The van der Waals surface area contributed by atoms with Crippen LogP contribution in [-0.4, -0.2) is 129 Å². The average Bonchev–Trinajstić information content (AvgIpc) is 3.22. The molecule has 0 aliphatic heterocycles. The molecule has 0 unspecified atom stereocenters. The molecule has 0 radical (unpaired) electrons. The maximum atomic E-state index is 13.3. The van der Waals surface area contributed by atoms with E-state index in [0.717, 1.165) is 64.2 Å². The van der Waals surface area contributed by atoms with E-state index in [1.807, 2.05) is 0 Å². The quantitative estimate of drug-likeness (QED) is 0.0256. The largest absolute Gasteiger partial charge is 0.446 e. The third-order valence-electron chi connectivity index (χ3n) is 9.59. The van der Waals surface area contributed by atoms with Crippen molar-refractivity contribution < 1.29 is 57.2 Å². The summed E-state index contributed by atoms with van der Waals surface area (Å²) in [6.07, 6.45) is 20.1. The van der Waals surface area contributed by atoms with Crippen LogP contribution in [0, 0.1) is 0 Å². The molecule has 0 aromatic heterocycles. The summed E-state index contributed by atoms with van der Waals surface area (Å²) in [6.45, 7) is 8.65. The van der Waals surface area contributed by atoms with Crippen molar-refractivity contribution in [1.29, 1.82) is 0 Å². The second-order valence-corrected chi connectivity index (χ2v) is 18.3. The van der Waals surface area contributed by atoms with Crippen molar-refractivity contribution in [3.8, 4) is 0 Å². The van der Waals surface area contributed by atoms with Gasteiger partial charge in [-0.2, -0.15) is 11.8 Å². The summed E-state index contributed by atoms with van der Waals surface area (Å²) in [5.74, 6) is -0.175. The Kier molecular flexibility index (Phi) is 41.6. The lowest BCUT2D eigenvalue weighted by molar-refractivity contribution is -0.128. The number of nitrogens with one attached hydrogen (secondary N) is 4. The van der Waals surface area contributed by atoms with E-state index in [4.69, 9.17) is 33.5 Å². The number of unbranched alkanes of at least 4 members (excludes halogenated alkanes) is 17. The first-order valence-electron chi connectivity index (χ1n) is 23.3. The van der Waals surface area contributed by atoms with Gasteiger partial charge in [0.2, 0.25) is 11.8 Å². The van der Waals surface area contributed by atoms with Gasteiger partial charge in [0, 0.05) is 37.6 Å². The van der Waals surface area contributed by atoms with E-state index in [9.17, 15) is 23.7 Å². The minimum absolute atomic E-state index is 0.0553. The third-order valence-corrected chi connectivity index (χ3v) is 11.5. The van der Waals surface area contributed by atoms with Crippen molar-refractivity contribution >= 4 is 43.4 Å². The molecule has 0 aromatic rings. The molecular formula is C43H85N4O12PS. The molecule has 360 valence electrons. The van der Waals surface area contributed by atoms with E-state index in [1.54, 1.807) is 0 Å². The normalized spacial score (nSPS) is 12.4. The summed E-state index contributed by atoms with van der Waals surface area (Å²) >= 11 is 1.31. The van der Waals surface area contributed by atoms with Crippen molar-refractivity contribution in [3.05, 3.63) is 0 Å². The zero-order valence-electron chi connectivity index (χ0n) is 38.0. The number of hydrogen-bond acceptors (Lipinski definition) is 11. The molecule has 0 aliphatic rings. The molecule has 0 saturated carbocycles. The van der Waals surface area contributed by atoms with Gasteiger partial charge in [-0.05, 0) is 19.3 Å². The Morgan fingerprint density at radius 2 is 1.03 bits per heavy atom.